The smallest absolute Gasteiger partial charge is 0.246 e. The zero-order valence-corrected chi connectivity index (χ0v) is 16.0. The minimum absolute atomic E-state index is 0.0222. The zero-order valence-electron chi connectivity index (χ0n) is 16.0. The number of fused-ring (bicyclic) bond motifs is 2. The lowest BCUT2D eigenvalue weighted by Gasteiger charge is -2.16. The van der Waals surface area contributed by atoms with Crippen molar-refractivity contribution in [1.82, 2.24) is 14.9 Å². The number of pyridine rings is 1. The number of benzene rings is 1. The zero-order chi connectivity index (χ0) is 19.7. The molecular weight excluding hydrogens is 352 g/mol. The van der Waals surface area contributed by atoms with E-state index in [1.807, 2.05) is 37.3 Å². The van der Waals surface area contributed by atoms with Crippen LogP contribution in [0.15, 0.2) is 42.5 Å². The van der Waals surface area contributed by atoms with Crippen molar-refractivity contribution in [3.05, 3.63) is 65.0 Å². The third-order valence-corrected chi connectivity index (χ3v) is 5.07. The predicted molar refractivity (Wildman–Crippen MR) is 110 cm³/mol. The predicted octanol–water partition coefficient (Wildman–Crippen LogP) is 3.43. The van der Waals surface area contributed by atoms with E-state index in [0.29, 0.717) is 30.9 Å². The number of aromatic nitrogens is 2. The second-order valence-electron chi connectivity index (χ2n) is 7.09. The lowest BCUT2D eigenvalue weighted by molar-refractivity contribution is -0.125. The van der Waals surface area contributed by atoms with Gasteiger partial charge in [-0.1, -0.05) is 24.3 Å². The number of hydrogen-bond acceptors (Lipinski definition) is 3. The van der Waals surface area contributed by atoms with E-state index < -0.39 is 0 Å². The van der Waals surface area contributed by atoms with Crippen LogP contribution in [0, 0.1) is 6.92 Å². The van der Waals surface area contributed by atoms with Crippen LogP contribution in [0.2, 0.25) is 0 Å². The number of nitrogens with zero attached hydrogens (tertiary/aromatic N) is 2. The van der Waals surface area contributed by atoms with Crippen molar-refractivity contribution >= 4 is 34.6 Å². The summed E-state index contributed by atoms with van der Waals surface area (Å²) in [6.07, 6.45) is 4.38. The molecule has 28 heavy (non-hydrogen) atoms. The van der Waals surface area contributed by atoms with Crippen LogP contribution in [0.5, 0.6) is 0 Å². The fraction of sp³-hybridized carbons (Fsp3) is 0.227. The highest BCUT2D eigenvalue weighted by Crippen LogP contribution is 2.23. The van der Waals surface area contributed by atoms with Gasteiger partial charge in [-0.05, 0) is 42.7 Å². The molecule has 1 aromatic carbocycles. The van der Waals surface area contributed by atoms with E-state index >= 15 is 0 Å². The van der Waals surface area contributed by atoms with Crippen molar-refractivity contribution in [1.29, 1.82) is 0 Å². The van der Waals surface area contributed by atoms with Crippen molar-refractivity contribution in [2.45, 2.75) is 26.3 Å². The van der Waals surface area contributed by atoms with E-state index in [1.165, 1.54) is 6.08 Å². The summed E-state index contributed by atoms with van der Waals surface area (Å²) in [6, 6.07) is 11.9. The van der Waals surface area contributed by atoms with Gasteiger partial charge in [0.2, 0.25) is 11.8 Å². The van der Waals surface area contributed by atoms with Gasteiger partial charge in [-0.15, -0.1) is 0 Å². The monoisotopic (exact) mass is 374 g/mol. The van der Waals surface area contributed by atoms with Crippen LogP contribution in [0.25, 0.3) is 17.0 Å². The second-order valence-corrected chi connectivity index (χ2v) is 7.09. The number of likely N-dealkylation sites (N-methyl/N-ethyl adjacent to an activating group) is 1. The maximum Gasteiger partial charge on any atom is 0.246 e. The first-order valence-corrected chi connectivity index (χ1v) is 9.30. The van der Waals surface area contributed by atoms with E-state index in [0.717, 1.165) is 27.7 Å². The molecule has 0 aliphatic carbocycles. The Labute approximate surface area is 163 Å². The molecule has 4 rings (SSSR count). The Kier molecular flexibility index (Phi) is 4.69. The van der Waals surface area contributed by atoms with Crippen molar-refractivity contribution < 1.29 is 9.59 Å². The summed E-state index contributed by atoms with van der Waals surface area (Å²) >= 11 is 0. The van der Waals surface area contributed by atoms with Gasteiger partial charge in [0.1, 0.15) is 5.82 Å². The minimum Gasteiger partial charge on any atom is -0.358 e. The van der Waals surface area contributed by atoms with Gasteiger partial charge in [0.25, 0.3) is 0 Å². The van der Waals surface area contributed by atoms with E-state index in [-0.39, 0.29) is 11.8 Å². The molecule has 0 bridgehead atoms. The summed E-state index contributed by atoms with van der Waals surface area (Å²) in [4.78, 5) is 33.6. The van der Waals surface area contributed by atoms with Gasteiger partial charge in [0.05, 0.1) is 5.69 Å². The van der Waals surface area contributed by atoms with Crippen LogP contribution in [0.3, 0.4) is 0 Å². The Morgan fingerprint density at radius 1 is 1.21 bits per heavy atom. The molecule has 2 amide bonds. The summed E-state index contributed by atoms with van der Waals surface area (Å²) in [7, 11) is 1.79. The average molecular weight is 374 g/mol. The standard InChI is InChI=1S/C22H22N4O2/c1-14-18(17-5-3-4-6-19(17)23-14)13-26(2)21(28)12-10-16-9-7-15-8-11-20(27)25-22(15)24-16/h3-7,9-10,12,23H,8,11,13H2,1-2H3,(H,24,25,27). The number of carbonyl (C=O) groups excluding carboxylic acids is 2. The number of rotatable bonds is 4. The Morgan fingerprint density at radius 2 is 2.04 bits per heavy atom. The number of anilines is 1. The molecule has 142 valence electrons. The van der Waals surface area contributed by atoms with Crippen LogP contribution in [-0.2, 0) is 22.6 Å². The Balaban J connectivity index is 1.48. The highest BCUT2D eigenvalue weighted by atomic mass is 16.2. The molecular formula is C22H22N4O2. The van der Waals surface area contributed by atoms with Crippen molar-refractivity contribution in [2.24, 2.45) is 0 Å². The molecule has 6 nitrogen and oxygen atoms in total. The molecule has 0 spiro atoms. The van der Waals surface area contributed by atoms with E-state index in [2.05, 4.69) is 21.4 Å². The lowest BCUT2D eigenvalue weighted by atomic mass is 10.1. The van der Waals surface area contributed by atoms with Gasteiger partial charge in [0.15, 0.2) is 0 Å². The summed E-state index contributed by atoms with van der Waals surface area (Å²) < 4.78 is 0. The SMILES string of the molecule is Cc1[nH]c2ccccc2c1CN(C)C(=O)C=Cc1ccc2c(n1)NC(=O)CC2. The highest BCUT2D eigenvalue weighted by Gasteiger charge is 2.16. The van der Waals surface area contributed by atoms with E-state index in [9.17, 15) is 9.59 Å². The third-order valence-electron chi connectivity index (χ3n) is 5.07. The Morgan fingerprint density at radius 3 is 2.89 bits per heavy atom. The topological polar surface area (TPSA) is 78.1 Å². The average Bonchev–Trinajstić information content (AvgIpc) is 3.01. The van der Waals surface area contributed by atoms with Crippen LogP contribution < -0.4 is 5.32 Å². The van der Waals surface area contributed by atoms with Crippen LogP contribution in [0.4, 0.5) is 5.82 Å². The van der Waals surface area contributed by atoms with Crippen molar-refractivity contribution in [2.75, 3.05) is 12.4 Å². The van der Waals surface area contributed by atoms with Crippen LogP contribution in [-0.4, -0.2) is 33.7 Å². The summed E-state index contributed by atoms with van der Waals surface area (Å²) in [5.41, 5.74) is 4.93. The maximum absolute atomic E-state index is 12.6. The first-order valence-electron chi connectivity index (χ1n) is 9.30. The Bertz CT molecular complexity index is 1100. The second kappa shape index (κ2) is 7.31. The summed E-state index contributed by atoms with van der Waals surface area (Å²) in [6.45, 7) is 2.54. The lowest BCUT2D eigenvalue weighted by Crippen LogP contribution is -2.24. The van der Waals surface area contributed by atoms with Gasteiger partial charge < -0.3 is 15.2 Å². The van der Waals surface area contributed by atoms with Gasteiger partial charge in [-0.3, -0.25) is 9.59 Å². The molecule has 0 atom stereocenters. The number of carbonyl (C=O) groups is 2. The molecule has 1 aliphatic heterocycles. The van der Waals surface area contributed by atoms with Gasteiger partial charge in [-0.2, -0.15) is 0 Å². The first-order chi connectivity index (χ1) is 13.5. The fourth-order valence-electron chi connectivity index (χ4n) is 3.49. The summed E-state index contributed by atoms with van der Waals surface area (Å²) in [5.74, 6) is 0.466. The number of amides is 2. The van der Waals surface area contributed by atoms with Crippen molar-refractivity contribution in [3.8, 4) is 0 Å². The normalized spacial score (nSPS) is 13.6. The maximum atomic E-state index is 12.6. The number of aryl methyl sites for hydroxylation is 2. The number of para-hydroxylation sites is 1. The number of aromatic amines is 1. The molecule has 0 radical (unpaired) electrons. The molecule has 2 aromatic heterocycles. The number of nitrogens with one attached hydrogen (secondary N) is 2. The van der Waals surface area contributed by atoms with Gasteiger partial charge >= 0.3 is 0 Å². The number of hydrogen-bond donors (Lipinski definition) is 2. The largest absolute Gasteiger partial charge is 0.358 e. The molecule has 0 saturated heterocycles. The fourth-order valence-corrected chi connectivity index (χ4v) is 3.49. The van der Waals surface area contributed by atoms with E-state index in [1.54, 1.807) is 18.0 Å². The Hall–Kier alpha value is -3.41. The quantitative estimate of drug-likeness (QED) is 0.687. The minimum atomic E-state index is -0.103. The molecule has 6 heteroatoms. The first kappa shape index (κ1) is 18.0. The molecule has 0 saturated carbocycles. The number of H-pyrrole nitrogens is 1. The molecule has 1 aliphatic rings. The molecule has 3 aromatic rings. The summed E-state index contributed by atoms with van der Waals surface area (Å²) in [5, 5.41) is 3.92. The molecule has 0 fully saturated rings. The third kappa shape index (κ3) is 3.53. The molecule has 0 unspecified atom stereocenters. The molecule has 3 heterocycles. The van der Waals surface area contributed by atoms with E-state index in [4.69, 9.17) is 0 Å². The molecule has 2 N–H and O–H groups in total. The van der Waals surface area contributed by atoms with Gasteiger partial charge in [-0.25, -0.2) is 4.98 Å². The van der Waals surface area contributed by atoms with Crippen LogP contribution >= 0.6 is 0 Å². The van der Waals surface area contributed by atoms with Crippen LogP contribution in [0.1, 0.15) is 28.9 Å². The van der Waals surface area contributed by atoms with Crippen molar-refractivity contribution in [3.63, 3.8) is 0 Å². The highest BCUT2D eigenvalue weighted by molar-refractivity contribution is 5.94. The van der Waals surface area contributed by atoms with Gasteiger partial charge in [0, 0.05) is 42.7 Å².